The lowest BCUT2D eigenvalue weighted by Gasteiger charge is -2.14. The van der Waals surface area contributed by atoms with E-state index in [1.165, 1.54) is 0 Å². The van der Waals surface area contributed by atoms with E-state index in [0.717, 1.165) is 11.5 Å². The molecular formula is C11H17NO3. The van der Waals surface area contributed by atoms with Gasteiger partial charge in [0, 0.05) is 19.7 Å². The molecule has 1 unspecified atom stereocenters. The predicted octanol–water partition coefficient (Wildman–Crippen LogP) is 1.05. The van der Waals surface area contributed by atoms with Gasteiger partial charge in [-0.1, -0.05) is 6.07 Å². The maximum atomic E-state index is 5.51. The quantitative estimate of drug-likeness (QED) is 0.764. The van der Waals surface area contributed by atoms with Gasteiger partial charge in [0.2, 0.25) is 0 Å². The van der Waals surface area contributed by atoms with Crippen LogP contribution in [0.5, 0.6) is 11.5 Å². The van der Waals surface area contributed by atoms with Crippen LogP contribution in [0.2, 0.25) is 0 Å². The summed E-state index contributed by atoms with van der Waals surface area (Å²) in [5.41, 5.74) is 5.47. The van der Waals surface area contributed by atoms with E-state index in [0.29, 0.717) is 13.2 Å². The highest BCUT2D eigenvalue weighted by Crippen LogP contribution is 2.18. The zero-order valence-electron chi connectivity index (χ0n) is 9.10. The second kappa shape index (κ2) is 6.27. The maximum Gasteiger partial charge on any atom is 0.123 e. The van der Waals surface area contributed by atoms with E-state index in [2.05, 4.69) is 0 Å². The highest BCUT2D eigenvalue weighted by Gasteiger charge is 2.05. The van der Waals surface area contributed by atoms with Gasteiger partial charge in [0.25, 0.3) is 0 Å². The SMILES string of the molecule is COc1cccc(OCC(CN)OC)c1. The molecule has 0 aliphatic carbocycles. The highest BCUT2D eigenvalue weighted by atomic mass is 16.5. The molecule has 84 valence electrons. The zero-order chi connectivity index (χ0) is 11.1. The van der Waals surface area contributed by atoms with Crippen molar-refractivity contribution in [1.82, 2.24) is 0 Å². The third-order valence-corrected chi connectivity index (χ3v) is 2.07. The Hall–Kier alpha value is -1.26. The van der Waals surface area contributed by atoms with E-state index in [-0.39, 0.29) is 6.10 Å². The minimum absolute atomic E-state index is 0.0730. The fraction of sp³-hybridized carbons (Fsp3) is 0.455. The molecule has 0 bridgehead atoms. The zero-order valence-corrected chi connectivity index (χ0v) is 9.10. The molecule has 4 heteroatoms. The van der Waals surface area contributed by atoms with Crippen molar-refractivity contribution < 1.29 is 14.2 Å². The van der Waals surface area contributed by atoms with Crippen LogP contribution in [0.15, 0.2) is 24.3 Å². The van der Waals surface area contributed by atoms with E-state index in [9.17, 15) is 0 Å². The molecule has 0 aliphatic rings. The molecule has 0 heterocycles. The molecule has 15 heavy (non-hydrogen) atoms. The lowest BCUT2D eigenvalue weighted by Crippen LogP contribution is -2.28. The van der Waals surface area contributed by atoms with Crippen molar-refractivity contribution in [3.8, 4) is 11.5 Å². The van der Waals surface area contributed by atoms with E-state index in [4.69, 9.17) is 19.9 Å². The van der Waals surface area contributed by atoms with E-state index >= 15 is 0 Å². The van der Waals surface area contributed by atoms with Gasteiger partial charge in [-0.2, -0.15) is 0 Å². The second-order valence-electron chi connectivity index (χ2n) is 3.08. The Morgan fingerprint density at radius 2 is 2.00 bits per heavy atom. The van der Waals surface area contributed by atoms with Gasteiger partial charge in [-0.05, 0) is 12.1 Å². The standard InChI is InChI=1S/C11H17NO3/c1-13-9-4-3-5-10(6-9)15-8-11(7-12)14-2/h3-6,11H,7-8,12H2,1-2H3. The van der Waals surface area contributed by atoms with Crippen molar-refractivity contribution in [3.05, 3.63) is 24.3 Å². The summed E-state index contributed by atoms with van der Waals surface area (Å²) in [6.07, 6.45) is -0.0730. The van der Waals surface area contributed by atoms with Crippen LogP contribution in [0.3, 0.4) is 0 Å². The van der Waals surface area contributed by atoms with Crippen molar-refractivity contribution in [2.75, 3.05) is 27.4 Å². The predicted molar refractivity (Wildman–Crippen MR) is 58.3 cm³/mol. The van der Waals surface area contributed by atoms with Crippen LogP contribution in [0.25, 0.3) is 0 Å². The van der Waals surface area contributed by atoms with Crippen molar-refractivity contribution in [2.45, 2.75) is 6.10 Å². The molecule has 0 spiro atoms. The van der Waals surface area contributed by atoms with E-state index in [1.54, 1.807) is 14.2 Å². The molecular weight excluding hydrogens is 194 g/mol. The molecule has 0 radical (unpaired) electrons. The van der Waals surface area contributed by atoms with Crippen molar-refractivity contribution in [2.24, 2.45) is 5.73 Å². The molecule has 1 aromatic carbocycles. The Kier molecular flexibility index (Phi) is 4.93. The first-order chi connectivity index (χ1) is 7.30. The van der Waals surface area contributed by atoms with Gasteiger partial charge >= 0.3 is 0 Å². The summed E-state index contributed by atoms with van der Waals surface area (Å²) in [4.78, 5) is 0. The summed E-state index contributed by atoms with van der Waals surface area (Å²) in [6, 6.07) is 7.43. The summed E-state index contributed by atoms with van der Waals surface area (Å²) in [6.45, 7) is 0.890. The first-order valence-corrected chi connectivity index (χ1v) is 4.80. The summed E-state index contributed by atoms with van der Waals surface area (Å²) < 4.78 is 15.7. The van der Waals surface area contributed by atoms with Gasteiger partial charge in [0.05, 0.1) is 7.11 Å². The van der Waals surface area contributed by atoms with Gasteiger partial charge in [-0.3, -0.25) is 0 Å². The number of benzene rings is 1. The molecule has 0 saturated heterocycles. The van der Waals surface area contributed by atoms with E-state index < -0.39 is 0 Å². The minimum Gasteiger partial charge on any atom is -0.497 e. The molecule has 1 rings (SSSR count). The maximum absolute atomic E-state index is 5.51. The van der Waals surface area contributed by atoms with Crippen LogP contribution in [-0.4, -0.2) is 33.5 Å². The number of nitrogens with two attached hydrogens (primary N) is 1. The Bertz CT molecular complexity index is 287. The average molecular weight is 211 g/mol. The summed E-state index contributed by atoms with van der Waals surface area (Å²) in [7, 11) is 3.24. The highest BCUT2D eigenvalue weighted by molar-refractivity contribution is 5.32. The monoisotopic (exact) mass is 211 g/mol. The number of methoxy groups -OCH3 is 2. The van der Waals surface area contributed by atoms with Gasteiger partial charge in [-0.25, -0.2) is 0 Å². The summed E-state index contributed by atoms with van der Waals surface area (Å²) in [5.74, 6) is 1.53. The molecule has 0 saturated carbocycles. The Balaban J connectivity index is 2.49. The first kappa shape index (κ1) is 11.8. The van der Waals surface area contributed by atoms with Gasteiger partial charge < -0.3 is 19.9 Å². The van der Waals surface area contributed by atoms with Crippen LogP contribution >= 0.6 is 0 Å². The Labute approximate surface area is 89.9 Å². The van der Waals surface area contributed by atoms with E-state index in [1.807, 2.05) is 24.3 Å². The van der Waals surface area contributed by atoms with Crippen molar-refractivity contribution in [1.29, 1.82) is 0 Å². The molecule has 0 fully saturated rings. The number of ether oxygens (including phenoxy) is 3. The molecule has 0 aliphatic heterocycles. The van der Waals surface area contributed by atoms with Crippen LogP contribution in [0.1, 0.15) is 0 Å². The minimum atomic E-state index is -0.0730. The Morgan fingerprint density at radius 1 is 1.27 bits per heavy atom. The largest absolute Gasteiger partial charge is 0.497 e. The smallest absolute Gasteiger partial charge is 0.123 e. The molecule has 0 aromatic heterocycles. The van der Waals surface area contributed by atoms with Crippen LogP contribution in [0.4, 0.5) is 0 Å². The molecule has 4 nitrogen and oxygen atoms in total. The average Bonchev–Trinajstić information content (AvgIpc) is 2.31. The third kappa shape index (κ3) is 3.77. The topological polar surface area (TPSA) is 53.7 Å². The van der Waals surface area contributed by atoms with Crippen LogP contribution < -0.4 is 15.2 Å². The number of rotatable bonds is 6. The number of hydrogen-bond donors (Lipinski definition) is 1. The van der Waals surface area contributed by atoms with Crippen LogP contribution in [-0.2, 0) is 4.74 Å². The summed E-state index contributed by atoms with van der Waals surface area (Å²) >= 11 is 0. The lowest BCUT2D eigenvalue weighted by molar-refractivity contribution is 0.0643. The van der Waals surface area contributed by atoms with Gasteiger partial charge in [-0.15, -0.1) is 0 Å². The first-order valence-electron chi connectivity index (χ1n) is 4.80. The van der Waals surface area contributed by atoms with Crippen LogP contribution in [0, 0.1) is 0 Å². The fourth-order valence-electron chi connectivity index (χ4n) is 1.11. The lowest BCUT2D eigenvalue weighted by atomic mass is 10.3. The van der Waals surface area contributed by atoms with Crippen molar-refractivity contribution >= 4 is 0 Å². The molecule has 0 amide bonds. The van der Waals surface area contributed by atoms with Gasteiger partial charge in [0.1, 0.15) is 24.2 Å². The molecule has 1 atom stereocenters. The molecule has 1 aromatic rings. The third-order valence-electron chi connectivity index (χ3n) is 2.07. The number of hydrogen-bond acceptors (Lipinski definition) is 4. The second-order valence-corrected chi connectivity index (χ2v) is 3.08. The summed E-state index contributed by atoms with van der Waals surface area (Å²) in [5, 5.41) is 0. The molecule has 2 N–H and O–H groups in total. The Morgan fingerprint density at radius 3 is 2.60 bits per heavy atom. The fourth-order valence-corrected chi connectivity index (χ4v) is 1.11. The normalized spacial score (nSPS) is 12.2. The van der Waals surface area contributed by atoms with Crippen molar-refractivity contribution in [3.63, 3.8) is 0 Å². The van der Waals surface area contributed by atoms with Gasteiger partial charge in [0.15, 0.2) is 0 Å².